The van der Waals surface area contributed by atoms with E-state index in [2.05, 4.69) is 10.3 Å². The van der Waals surface area contributed by atoms with Gasteiger partial charge < -0.3 is 5.32 Å². The number of rotatable bonds is 1. The highest BCUT2D eigenvalue weighted by atomic mass is 19.1. The molecule has 92 valence electrons. The Labute approximate surface area is 106 Å². The van der Waals surface area contributed by atoms with Gasteiger partial charge in [0.25, 0.3) is 0 Å². The van der Waals surface area contributed by atoms with Crippen molar-refractivity contribution in [3.05, 3.63) is 64.7 Å². The zero-order chi connectivity index (χ0) is 12.5. The number of nitrogens with zero attached hydrogens (tertiary/aromatic N) is 1. The summed E-state index contributed by atoms with van der Waals surface area (Å²) in [6.07, 6.45) is 5.30. The molecule has 0 amide bonds. The van der Waals surface area contributed by atoms with Gasteiger partial charge in [-0.05, 0) is 54.3 Å². The molecule has 1 aliphatic rings. The Bertz CT molecular complexity index is 580. The highest BCUT2D eigenvalue weighted by Crippen LogP contribution is 2.32. The van der Waals surface area contributed by atoms with Crippen molar-refractivity contribution in [2.24, 2.45) is 0 Å². The second kappa shape index (κ2) is 4.50. The summed E-state index contributed by atoms with van der Waals surface area (Å²) >= 11 is 0. The standard InChI is InChI=1S/C15H15FN2/c1-17-15-12-3-2-4-14(16)11(12)6-5-10-7-8-18-9-13(10)15/h2-4,7-9,15,17H,5-6H2,1H3. The fraction of sp³-hybridized carbons (Fsp3) is 0.267. The molecule has 0 saturated heterocycles. The molecule has 18 heavy (non-hydrogen) atoms. The first-order chi connectivity index (χ1) is 8.81. The third-order valence-electron chi connectivity index (χ3n) is 3.66. The summed E-state index contributed by atoms with van der Waals surface area (Å²) in [6.45, 7) is 0. The van der Waals surface area contributed by atoms with Crippen LogP contribution in [0.2, 0.25) is 0 Å². The van der Waals surface area contributed by atoms with Gasteiger partial charge in [0.2, 0.25) is 0 Å². The quantitative estimate of drug-likeness (QED) is 0.831. The summed E-state index contributed by atoms with van der Waals surface area (Å²) < 4.78 is 13.9. The molecule has 1 aromatic heterocycles. The van der Waals surface area contributed by atoms with Gasteiger partial charge in [0.1, 0.15) is 5.82 Å². The summed E-state index contributed by atoms with van der Waals surface area (Å²) in [5.74, 6) is -0.103. The van der Waals surface area contributed by atoms with Crippen molar-refractivity contribution in [3.8, 4) is 0 Å². The maximum absolute atomic E-state index is 13.9. The van der Waals surface area contributed by atoms with Crippen molar-refractivity contribution < 1.29 is 4.39 Å². The Hall–Kier alpha value is -1.74. The van der Waals surface area contributed by atoms with Gasteiger partial charge in [0, 0.05) is 12.4 Å². The van der Waals surface area contributed by atoms with E-state index in [9.17, 15) is 4.39 Å². The summed E-state index contributed by atoms with van der Waals surface area (Å²) in [7, 11) is 1.90. The minimum atomic E-state index is -0.103. The third-order valence-corrected chi connectivity index (χ3v) is 3.66. The molecule has 1 heterocycles. The lowest BCUT2D eigenvalue weighted by molar-refractivity contribution is 0.599. The van der Waals surface area contributed by atoms with Crippen LogP contribution in [0.25, 0.3) is 0 Å². The lowest BCUT2D eigenvalue weighted by Crippen LogP contribution is -2.19. The minimum Gasteiger partial charge on any atom is -0.309 e. The van der Waals surface area contributed by atoms with Crippen molar-refractivity contribution in [1.29, 1.82) is 0 Å². The fourth-order valence-electron chi connectivity index (χ4n) is 2.77. The lowest BCUT2D eigenvalue weighted by Gasteiger charge is -2.19. The molecule has 3 heteroatoms. The van der Waals surface area contributed by atoms with Crippen LogP contribution in [0.1, 0.15) is 28.3 Å². The molecule has 0 radical (unpaired) electrons. The van der Waals surface area contributed by atoms with E-state index in [-0.39, 0.29) is 11.9 Å². The maximum Gasteiger partial charge on any atom is 0.126 e. The molecule has 0 bridgehead atoms. The van der Waals surface area contributed by atoms with Crippen LogP contribution in [0.15, 0.2) is 36.7 Å². The topological polar surface area (TPSA) is 24.9 Å². The number of hydrogen-bond acceptors (Lipinski definition) is 2. The van der Waals surface area contributed by atoms with Crippen LogP contribution < -0.4 is 5.32 Å². The van der Waals surface area contributed by atoms with Crippen molar-refractivity contribution in [2.45, 2.75) is 18.9 Å². The van der Waals surface area contributed by atoms with Gasteiger partial charge >= 0.3 is 0 Å². The van der Waals surface area contributed by atoms with E-state index in [1.165, 1.54) is 5.56 Å². The van der Waals surface area contributed by atoms with Gasteiger partial charge in [-0.15, -0.1) is 0 Å². The highest BCUT2D eigenvalue weighted by Gasteiger charge is 2.23. The van der Waals surface area contributed by atoms with Crippen LogP contribution in [0.5, 0.6) is 0 Å². The summed E-state index contributed by atoms with van der Waals surface area (Å²) in [6, 6.07) is 7.38. The van der Waals surface area contributed by atoms with Crippen molar-refractivity contribution in [1.82, 2.24) is 10.3 Å². The maximum atomic E-state index is 13.9. The van der Waals surface area contributed by atoms with Gasteiger partial charge in [0.15, 0.2) is 0 Å². The molecule has 0 fully saturated rings. The van der Waals surface area contributed by atoms with Crippen LogP contribution in [-0.4, -0.2) is 12.0 Å². The SMILES string of the molecule is CNC1c2cnccc2CCc2c(F)cccc21. The van der Waals surface area contributed by atoms with Crippen LogP contribution in [0.4, 0.5) is 4.39 Å². The molecule has 1 atom stereocenters. The van der Waals surface area contributed by atoms with Gasteiger partial charge in [-0.1, -0.05) is 12.1 Å². The average Bonchev–Trinajstić information content (AvgIpc) is 2.56. The Balaban J connectivity index is 2.21. The van der Waals surface area contributed by atoms with Crippen molar-refractivity contribution in [3.63, 3.8) is 0 Å². The summed E-state index contributed by atoms with van der Waals surface area (Å²) in [5.41, 5.74) is 4.27. The zero-order valence-electron chi connectivity index (χ0n) is 10.3. The van der Waals surface area contributed by atoms with E-state index in [0.29, 0.717) is 0 Å². The van der Waals surface area contributed by atoms with Gasteiger partial charge in [0.05, 0.1) is 6.04 Å². The number of aromatic nitrogens is 1. The van der Waals surface area contributed by atoms with E-state index in [0.717, 1.165) is 29.5 Å². The van der Waals surface area contributed by atoms with Crippen molar-refractivity contribution >= 4 is 0 Å². The van der Waals surface area contributed by atoms with E-state index < -0.39 is 0 Å². The van der Waals surface area contributed by atoms with E-state index in [1.54, 1.807) is 18.3 Å². The first-order valence-electron chi connectivity index (χ1n) is 6.18. The number of fused-ring (bicyclic) bond motifs is 2. The van der Waals surface area contributed by atoms with Gasteiger partial charge in [-0.3, -0.25) is 4.98 Å². The number of nitrogens with one attached hydrogen (secondary N) is 1. The molecule has 0 spiro atoms. The molecule has 2 aromatic rings. The van der Waals surface area contributed by atoms with E-state index in [1.807, 2.05) is 25.4 Å². The number of hydrogen-bond donors (Lipinski definition) is 1. The normalized spacial score (nSPS) is 17.8. The van der Waals surface area contributed by atoms with Crippen LogP contribution in [0.3, 0.4) is 0 Å². The molecule has 1 aromatic carbocycles. The first kappa shape index (κ1) is 11.4. The molecule has 1 unspecified atom stereocenters. The van der Waals surface area contributed by atoms with Crippen LogP contribution >= 0.6 is 0 Å². The molecule has 0 saturated carbocycles. The molecular weight excluding hydrogens is 227 g/mol. The van der Waals surface area contributed by atoms with Crippen LogP contribution in [0, 0.1) is 5.82 Å². The smallest absolute Gasteiger partial charge is 0.126 e. The Morgan fingerprint density at radius 1 is 1.22 bits per heavy atom. The van der Waals surface area contributed by atoms with Crippen LogP contribution in [-0.2, 0) is 12.8 Å². The molecule has 1 N–H and O–H groups in total. The lowest BCUT2D eigenvalue weighted by atomic mass is 9.96. The zero-order valence-corrected chi connectivity index (χ0v) is 10.3. The van der Waals surface area contributed by atoms with E-state index >= 15 is 0 Å². The molecule has 0 aliphatic heterocycles. The highest BCUT2D eigenvalue weighted by molar-refractivity contribution is 5.43. The second-order valence-electron chi connectivity index (χ2n) is 4.60. The van der Waals surface area contributed by atoms with Crippen molar-refractivity contribution in [2.75, 3.05) is 7.05 Å². The predicted octanol–water partition coefficient (Wildman–Crippen LogP) is 2.63. The fourth-order valence-corrected chi connectivity index (χ4v) is 2.77. The summed E-state index contributed by atoms with van der Waals surface area (Å²) in [4.78, 5) is 4.20. The van der Waals surface area contributed by atoms with E-state index in [4.69, 9.17) is 0 Å². The molecule has 2 nitrogen and oxygen atoms in total. The Kier molecular flexibility index (Phi) is 2.84. The average molecular weight is 242 g/mol. The molecule has 1 aliphatic carbocycles. The molecular formula is C15H15FN2. The predicted molar refractivity (Wildman–Crippen MR) is 68.9 cm³/mol. The number of halogens is 1. The third kappa shape index (κ3) is 1.71. The monoisotopic (exact) mass is 242 g/mol. The van der Waals surface area contributed by atoms with Gasteiger partial charge in [-0.2, -0.15) is 0 Å². The number of benzene rings is 1. The molecule has 3 rings (SSSR count). The first-order valence-corrected chi connectivity index (χ1v) is 6.18. The number of pyridine rings is 1. The largest absolute Gasteiger partial charge is 0.309 e. The second-order valence-corrected chi connectivity index (χ2v) is 4.60. The minimum absolute atomic E-state index is 0.0295. The number of aryl methyl sites for hydroxylation is 1. The summed E-state index contributed by atoms with van der Waals surface area (Å²) in [5, 5.41) is 3.28. The Morgan fingerprint density at radius 2 is 2.11 bits per heavy atom. The Morgan fingerprint density at radius 3 is 2.94 bits per heavy atom. The van der Waals surface area contributed by atoms with Gasteiger partial charge in [-0.25, -0.2) is 4.39 Å².